The number of hydrogen-bond donors (Lipinski definition) is 1. The molecular formula is C28H31FO5. The van der Waals surface area contributed by atoms with Crippen LogP contribution in [0.3, 0.4) is 0 Å². The molecule has 0 aromatic heterocycles. The normalized spacial score (nSPS) is 10.8. The minimum absolute atomic E-state index is 0.0515. The number of carbonyl (C=O) groups is 1. The maximum absolute atomic E-state index is 14.2. The van der Waals surface area contributed by atoms with Crippen LogP contribution in [-0.4, -0.2) is 37.5 Å². The molecule has 0 aliphatic heterocycles. The molecule has 0 spiro atoms. The fourth-order valence-electron chi connectivity index (χ4n) is 3.95. The minimum atomic E-state index is -1.14. The zero-order valence-corrected chi connectivity index (χ0v) is 19.9. The Morgan fingerprint density at radius 3 is 2.26 bits per heavy atom. The monoisotopic (exact) mass is 466 g/mol. The maximum Gasteiger partial charge on any atom is 0.341 e. The van der Waals surface area contributed by atoms with Crippen molar-refractivity contribution in [1.82, 2.24) is 0 Å². The van der Waals surface area contributed by atoms with Crippen molar-refractivity contribution < 1.29 is 28.5 Å². The topological polar surface area (TPSA) is 65.0 Å². The molecule has 0 aliphatic carbocycles. The van der Waals surface area contributed by atoms with E-state index in [2.05, 4.69) is 44.2 Å². The molecule has 34 heavy (non-hydrogen) atoms. The van der Waals surface area contributed by atoms with Crippen molar-refractivity contribution in [3.8, 4) is 22.6 Å². The van der Waals surface area contributed by atoms with Crippen molar-refractivity contribution in [2.75, 3.05) is 26.4 Å². The fourth-order valence-corrected chi connectivity index (χ4v) is 3.95. The van der Waals surface area contributed by atoms with E-state index in [4.69, 9.17) is 19.3 Å². The van der Waals surface area contributed by atoms with Crippen LogP contribution in [-0.2, 0) is 22.4 Å². The van der Waals surface area contributed by atoms with Crippen molar-refractivity contribution in [2.24, 2.45) is 0 Å². The second-order valence-corrected chi connectivity index (χ2v) is 8.13. The van der Waals surface area contributed by atoms with E-state index in [1.807, 2.05) is 13.0 Å². The Labute approximate surface area is 200 Å². The number of hydrogen-bond acceptors (Lipinski definition) is 4. The summed E-state index contributed by atoms with van der Waals surface area (Å²) in [4.78, 5) is 10.6. The number of aryl methyl sites for hydroxylation is 4. The first-order valence-corrected chi connectivity index (χ1v) is 11.4. The molecule has 0 radical (unpaired) electrons. The van der Waals surface area contributed by atoms with Crippen LogP contribution in [0.15, 0.2) is 54.6 Å². The van der Waals surface area contributed by atoms with Gasteiger partial charge in [-0.15, -0.1) is 0 Å². The van der Waals surface area contributed by atoms with E-state index in [0.29, 0.717) is 26.2 Å². The number of carboxylic acid groups (broad SMARTS) is 1. The predicted octanol–water partition coefficient (Wildman–Crippen LogP) is 5.77. The van der Waals surface area contributed by atoms with Gasteiger partial charge in [0.1, 0.15) is 12.4 Å². The molecule has 3 aromatic carbocycles. The summed E-state index contributed by atoms with van der Waals surface area (Å²) < 4.78 is 30.3. The molecular weight excluding hydrogens is 435 g/mol. The van der Waals surface area contributed by atoms with Gasteiger partial charge in [0.2, 0.25) is 0 Å². The van der Waals surface area contributed by atoms with Gasteiger partial charge in [0.15, 0.2) is 18.2 Å². The van der Waals surface area contributed by atoms with Crippen LogP contribution in [0.2, 0.25) is 0 Å². The molecule has 3 rings (SSSR count). The lowest BCUT2D eigenvalue weighted by atomic mass is 9.93. The molecule has 0 amide bonds. The molecule has 5 nitrogen and oxygen atoms in total. The average molecular weight is 467 g/mol. The van der Waals surface area contributed by atoms with Crippen LogP contribution in [0.25, 0.3) is 11.1 Å². The Kier molecular flexibility index (Phi) is 9.05. The molecule has 0 atom stereocenters. The number of ether oxygens (including phenoxy) is 3. The molecule has 0 bridgehead atoms. The van der Waals surface area contributed by atoms with E-state index < -0.39 is 18.4 Å². The van der Waals surface area contributed by atoms with Gasteiger partial charge in [0, 0.05) is 6.61 Å². The van der Waals surface area contributed by atoms with Gasteiger partial charge in [-0.25, -0.2) is 9.18 Å². The van der Waals surface area contributed by atoms with Crippen LogP contribution < -0.4 is 9.47 Å². The van der Waals surface area contributed by atoms with Crippen molar-refractivity contribution in [1.29, 1.82) is 0 Å². The summed E-state index contributed by atoms with van der Waals surface area (Å²) in [5.74, 6) is -0.906. The van der Waals surface area contributed by atoms with Gasteiger partial charge in [-0.2, -0.15) is 0 Å². The molecule has 180 valence electrons. The van der Waals surface area contributed by atoms with Crippen LogP contribution in [0.4, 0.5) is 4.39 Å². The third kappa shape index (κ3) is 7.06. The standard InChI is InChI=1S/C28H31FO5/c1-4-32-12-13-33-24-14-19(2)28(20(3)15-24)23-7-5-6-21(16-23)8-9-22-10-11-26(25(29)17-22)34-18-27(30)31/h5-7,10-11,14-17H,4,8-9,12-13,18H2,1-3H3,(H,30,31). The highest BCUT2D eigenvalue weighted by Crippen LogP contribution is 2.32. The lowest BCUT2D eigenvalue weighted by Gasteiger charge is -2.15. The number of carboxylic acids is 1. The summed E-state index contributed by atoms with van der Waals surface area (Å²) in [7, 11) is 0. The van der Waals surface area contributed by atoms with Crippen molar-refractivity contribution in [3.05, 3.63) is 82.7 Å². The van der Waals surface area contributed by atoms with E-state index in [9.17, 15) is 9.18 Å². The second-order valence-electron chi connectivity index (χ2n) is 8.13. The summed E-state index contributed by atoms with van der Waals surface area (Å²) in [5.41, 5.74) is 6.58. The van der Waals surface area contributed by atoms with E-state index >= 15 is 0 Å². The van der Waals surface area contributed by atoms with Gasteiger partial charge in [-0.1, -0.05) is 30.3 Å². The van der Waals surface area contributed by atoms with Gasteiger partial charge in [-0.3, -0.25) is 0 Å². The fraction of sp³-hybridized carbons (Fsp3) is 0.321. The molecule has 0 heterocycles. The van der Waals surface area contributed by atoms with Crippen LogP contribution >= 0.6 is 0 Å². The van der Waals surface area contributed by atoms with Gasteiger partial charge < -0.3 is 19.3 Å². The SMILES string of the molecule is CCOCCOc1cc(C)c(-c2cccc(CCc3ccc(OCC(=O)O)c(F)c3)c2)c(C)c1. The molecule has 0 fully saturated rings. The maximum atomic E-state index is 14.2. The zero-order valence-electron chi connectivity index (χ0n) is 19.9. The van der Waals surface area contributed by atoms with Crippen molar-refractivity contribution in [3.63, 3.8) is 0 Å². The third-order valence-corrected chi connectivity index (χ3v) is 5.47. The van der Waals surface area contributed by atoms with Gasteiger partial charge in [0.25, 0.3) is 0 Å². The molecule has 1 N–H and O–H groups in total. The quantitative estimate of drug-likeness (QED) is 0.343. The van der Waals surface area contributed by atoms with Crippen LogP contribution in [0.1, 0.15) is 29.2 Å². The van der Waals surface area contributed by atoms with Crippen LogP contribution in [0.5, 0.6) is 11.5 Å². The summed E-state index contributed by atoms with van der Waals surface area (Å²) in [6.45, 7) is 7.34. The Balaban J connectivity index is 1.68. The molecule has 0 unspecified atom stereocenters. The molecule has 0 saturated heterocycles. The van der Waals surface area contributed by atoms with Crippen LogP contribution in [0, 0.1) is 19.7 Å². The number of benzene rings is 3. The van der Waals surface area contributed by atoms with Gasteiger partial charge in [-0.05, 0) is 91.3 Å². The minimum Gasteiger partial charge on any atom is -0.491 e. The van der Waals surface area contributed by atoms with E-state index in [-0.39, 0.29) is 5.75 Å². The van der Waals surface area contributed by atoms with E-state index in [1.165, 1.54) is 17.7 Å². The molecule has 0 aliphatic rings. The highest BCUT2D eigenvalue weighted by molar-refractivity contribution is 5.72. The summed E-state index contributed by atoms with van der Waals surface area (Å²) in [6, 6.07) is 17.1. The summed E-state index contributed by atoms with van der Waals surface area (Å²) in [6.07, 6.45) is 1.41. The molecule has 0 saturated carbocycles. The first-order chi connectivity index (χ1) is 16.4. The highest BCUT2D eigenvalue weighted by Gasteiger charge is 2.11. The Morgan fingerprint density at radius 1 is 0.912 bits per heavy atom. The molecule has 6 heteroatoms. The number of halogens is 1. The Hall–Kier alpha value is -3.38. The largest absolute Gasteiger partial charge is 0.491 e. The van der Waals surface area contributed by atoms with Crippen molar-refractivity contribution >= 4 is 5.97 Å². The third-order valence-electron chi connectivity index (χ3n) is 5.47. The number of aliphatic carboxylic acids is 1. The lowest BCUT2D eigenvalue weighted by molar-refractivity contribution is -0.139. The van der Waals surface area contributed by atoms with E-state index in [0.717, 1.165) is 40.0 Å². The Morgan fingerprint density at radius 2 is 1.62 bits per heavy atom. The van der Waals surface area contributed by atoms with Crippen molar-refractivity contribution in [2.45, 2.75) is 33.6 Å². The Bertz CT molecular complexity index is 1100. The molecule has 3 aromatic rings. The summed E-state index contributed by atoms with van der Waals surface area (Å²) >= 11 is 0. The smallest absolute Gasteiger partial charge is 0.341 e. The summed E-state index contributed by atoms with van der Waals surface area (Å²) in [5, 5.41) is 8.68. The highest BCUT2D eigenvalue weighted by atomic mass is 19.1. The van der Waals surface area contributed by atoms with Gasteiger partial charge >= 0.3 is 5.97 Å². The van der Waals surface area contributed by atoms with Gasteiger partial charge in [0.05, 0.1) is 6.61 Å². The number of rotatable bonds is 12. The first-order valence-electron chi connectivity index (χ1n) is 11.4. The zero-order chi connectivity index (χ0) is 24.5. The predicted molar refractivity (Wildman–Crippen MR) is 130 cm³/mol. The second kappa shape index (κ2) is 12.2. The average Bonchev–Trinajstić information content (AvgIpc) is 2.80. The first kappa shape index (κ1) is 25.2. The van der Waals surface area contributed by atoms with E-state index in [1.54, 1.807) is 6.07 Å². The lowest BCUT2D eigenvalue weighted by Crippen LogP contribution is -2.10.